The largest absolute Gasteiger partial charge is 0.495 e. The number of ether oxygens (including phenoxy) is 3. The van der Waals surface area contributed by atoms with E-state index in [-0.39, 0.29) is 6.42 Å². The average Bonchev–Trinajstić information content (AvgIpc) is 2.67. The Morgan fingerprint density at radius 2 is 1.89 bits per heavy atom. The van der Waals surface area contributed by atoms with E-state index in [2.05, 4.69) is 5.32 Å². The molecule has 1 amide bonds. The normalized spacial score (nSPS) is 11.4. The first-order valence-electron chi connectivity index (χ1n) is 8.99. The zero-order chi connectivity index (χ0) is 20.5. The Balaban J connectivity index is 1.90. The number of halogens is 1. The second-order valence-corrected chi connectivity index (χ2v) is 6.44. The van der Waals surface area contributed by atoms with Gasteiger partial charge in [-0.15, -0.1) is 0 Å². The van der Waals surface area contributed by atoms with Gasteiger partial charge in [-0.25, -0.2) is 0 Å². The third-order valence-corrected chi connectivity index (χ3v) is 4.20. The number of carbonyl (C=O) groups excluding carboxylic acids is 2. The summed E-state index contributed by atoms with van der Waals surface area (Å²) in [5.74, 6) is 0.274. The molecule has 0 aliphatic rings. The highest BCUT2D eigenvalue weighted by Crippen LogP contribution is 2.28. The summed E-state index contributed by atoms with van der Waals surface area (Å²) in [5, 5.41) is 3.11. The number of hydrogen-bond donors (Lipinski definition) is 1. The highest BCUT2D eigenvalue weighted by Gasteiger charge is 2.19. The summed E-state index contributed by atoms with van der Waals surface area (Å²) in [6.07, 6.45) is -0.355. The molecule has 150 valence electrons. The Kier molecular flexibility index (Phi) is 8.14. The predicted octanol–water partition coefficient (Wildman–Crippen LogP) is 4.25. The maximum Gasteiger partial charge on any atom is 0.306 e. The molecule has 0 aliphatic carbocycles. The van der Waals surface area contributed by atoms with E-state index in [0.29, 0.717) is 29.5 Å². The van der Waals surface area contributed by atoms with E-state index >= 15 is 0 Å². The van der Waals surface area contributed by atoms with Crippen LogP contribution in [0, 0.1) is 0 Å². The molecule has 1 N–H and O–H groups in total. The molecule has 28 heavy (non-hydrogen) atoms. The van der Waals surface area contributed by atoms with E-state index < -0.39 is 18.0 Å². The van der Waals surface area contributed by atoms with E-state index in [0.717, 1.165) is 11.3 Å². The second kappa shape index (κ2) is 10.6. The van der Waals surface area contributed by atoms with Crippen LogP contribution in [0.3, 0.4) is 0 Å². The Morgan fingerprint density at radius 1 is 1.14 bits per heavy atom. The van der Waals surface area contributed by atoms with Gasteiger partial charge in [-0.3, -0.25) is 9.59 Å². The zero-order valence-electron chi connectivity index (χ0n) is 16.2. The van der Waals surface area contributed by atoms with Crippen molar-refractivity contribution in [3.8, 4) is 11.5 Å². The average molecular weight is 406 g/mol. The van der Waals surface area contributed by atoms with Crippen LogP contribution < -0.4 is 14.8 Å². The number of anilines is 1. The lowest BCUT2D eigenvalue weighted by Gasteiger charge is -2.16. The zero-order valence-corrected chi connectivity index (χ0v) is 16.9. The molecule has 0 bridgehead atoms. The standard InChI is InChI=1S/C21H24ClNO5/c1-4-27-18-8-6-5-7-15(18)9-12-20(24)28-14(2)21(25)23-17-13-16(22)10-11-19(17)26-3/h5-8,10-11,13-14H,4,9,12H2,1-3H3,(H,23,25). The Morgan fingerprint density at radius 3 is 2.61 bits per heavy atom. The molecule has 0 saturated heterocycles. The van der Waals surface area contributed by atoms with Gasteiger partial charge < -0.3 is 19.5 Å². The number of para-hydroxylation sites is 1. The van der Waals surface area contributed by atoms with Crippen molar-refractivity contribution in [1.29, 1.82) is 0 Å². The lowest BCUT2D eigenvalue weighted by Crippen LogP contribution is -2.30. The molecule has 0 spiro atoms. The van der Waals surface area contributed by atoms with E-state index in [1.54, 1.807) is 18.2 Å². The molecule has 0 heterocycles. The van der Waals surface area contributed by atoms with Crippen LogP contribution in [0.4, 0.5) is 5.69 Å². The van der Waals surface area contributed by atoms with Crippen molar-refractivity contribution in [1.82, 2.24) is 0 Å². The molecular weight excluding hydrogens is 382 g/mol. The lowest BCUT2D eigenvalue weighted by molar-refractivity contribution is -0.153. The minimum Gasteiger partial charge on any atom is -0.495 e. The van der Waals surface area contributed by atoms with Gasteiger partial charge in [0.1, 0.15) is 11.5 Å². The van der Waals surface area contributed by atoms with Crippen LogP contribution >= 0.6 is 11.6 Å². The fourth-order valence-corrected chi connectivity index (χ4v) is 2.74. The predicted molar refractivity (Wildman–Crippen MR) is 108 cm³/mol. The molecule has 0 radical (unpaired) electrons. The number of hydrogen-bond acceptors (Lipinski definition) is 5. The summed E-state index contributed by atoms with van der Waals surface area (Å²) in [5.41, 5.74) is 1.33. The molecule has 0 saturated carbocycles. The smallest absolute Gasteiger partial charge is 0.306 e. The number of benzene rings is 2. The summed E-state index contributed by atoms with van der Waals surface area (Å²) in [4.78, 5) is 24.5. The van der Waals surface area contributed by atoms with Gasteiger partial charge in [-0.1, -0.05) is 29.8 Å². The van der Waals surface area contributed by atoms with Crippen LogP contribution in [-0.2, 0) is 20.7 Å². The Hall–Kier alpha value is -2.73. The first-order valence-corrected chi connectivity index (χ1v) is 9.37. The van der Waals surface area contributed by atoms with Gasteiger partial charge in [0.15, 0.2) is 6.10 Å². The molecule has 2 aromatic rings. The SMILES string of the molecule is CCOc1ccccc1CCC(=O)OC(C)C(=O)Nc1cc(Cl)ccc1OC. The molecule has 1 unspecified atom stereocenters. The summed E-state index contributed by atoms with van der Waals surface area (Å²) in [7, 11) is 1.49. The third kappa shape index (κ3) is 6.16. The highest BCUT2D eigenvalue weighted by molar-refractivity contribution is 6.31. The number of nitrogens with one attached hydrogen (secondary N) is 1. The van der Waals surface area contributed by atoms with Crippen molar-refractivity contribution in [3.63, 3.8) is 0 Å². The molecule has 0 aromatic heterocycles. The third-order valence-electron chi connectivity index (χ3n) is 3.97. The molecular formula is C21H24ClNO5. The van der Waals surface area contributed by atoms with Crippen molar-refractivity contribution < 1.29 is 23.8 Å². The number of carbonyl (C=O) groups is 2. The van der Waals surface area contributed by atoms with Gasteiger partial charge in [0.25, 0.3) is 5.91 Å². The second-order valence-electron chi connectivity index (χ2n) is 6.01. The molecule has 2 aromatic carbocycles. The van der Waals surface area contributed by atoms with Gasteiger partial charge in [-0.2, -0.15) is 0 Å². The summed E-state index contributed by atoms with van der Waals surface area (Å²) < 4.78 is 16.0. The van der Waals surface area contributed by atoms with Crippen molar-refractivity contribution in [2.24, 2.45) is 0 Å². The van der Waals surface area contributed by atoms with Gasteiger partial charge in [0, 0.05) is 11.4 Å². The van der Waals surface area contributed by atoms with E-state index in [4.69, 9.17) is 25.8 Å². The topological polar surface area (TPSA) is 73.9 Å². The van der Waals surface area contributed by atoms with Crippen LogP contribution in [0.5, 0.6) is 11.5 Å². The van der Waals surface area contributed by atoms with Crippen LogP contribution in [-0.4, -0.2) is 31.7 Å². The van der Waals surface area contributed by atoms with E-state index in [9.17, 15) is 9.59 Å². The van der Waals surface area contributed by atoms with E-state index in [1.165, 1.54) is 14.0 Å². The first-order chi connectivity index (χ1) is 13.4. The number of amides is 1. The number of aryl methyl sites for hydroxylation is 1. The van der Waals surface area contributed by atoms with Crippen LogP contribution in [0.25, 0.3) is 0 Å². The Bertz CT molecular complexity index is 824. The molecule has 2 rings (SSSR count). The summed E-state index contributed by atoms with van der Waals surface area (Å²) >= 11 is 5.95. The molecule has 6 nitrogen and oxygen atoms in total. The molecule has 1 atom stereocenters. The van der Waals surface area contributed by atoms with Crippen LogP contribution in [0.1, 0.15) is 25.8 Å². The van der Waals surface area contributed by atoms with Gasteiger partial charge in [0.05, 0.1) is 19.4 Å². The maximum atomic E-state index is 12.3. The fourth-order valence-electron chi connectivity index (χ4n) is 2.57. The highest BCUT2D eigenvalue weighted by atomic mass is 35.5. The molecule has 0 aliphatic heterocycles. The Labute approximate surface area is 169 Å². The molecule has 7 heteroatoms. The van der Waals surface area contributed by atoms with Gasteiger partial charge in [0.2, 0.25) is 0 Å². The first kappa shape index (κ1) is 21.6. The molecule has 0 fully saturated rings. The fraction of sp³-hybridized carbons (Fsp3) is 0.333. The van der Waals surface area contributed by atoms with E-state index in [1.807, 2.05) is 31.2 Å². The maximum absolute atomic E-state index is 12.3. The number of methoxy groups -OCH3 is 1. The summed E-state index contributed by atoms with van der Waals surface area (Å²) in [6.45, 7) is 3.96. The number of esters is 1. The van der Waals surface area contributed by atoms with Gasteiger partial charge >= 0.3 is 5.97 Å². The van der Waals surface area contributed by atoms with Crippen molar-refractivity contribution in [2.45, 2.75) is 32.8 Å². The van der Waals surface area contributed by atoms with Crippen molar-refractivity contribution in [2.75, 3.05) is 19.0 Å². The van der Waals surface area contributed by atoms with Crippen molar-refractivity contribution in [3.05, 3.63) is 53.1 Å². The summed E-state index contributed by atoms with van der Waals surface area (Å²) in [6, 6.07) is 12.4. The number of rotatable bonds is 9. The van der Waals surface area contributed by atoms with Crippen LogP contribution in [0.2, 0.25) is 5.02 Å². The lowest BCUT2D eigenvalue weighted by atomic mass is 10.1. The van der Waals surface area contributed by atoms with Crippen LogP contribution in [0.15, 0.2) is 42.5 Å². The van der Waals surface area contributed by atoms with Gasteiger partial charge in [-0.05, 0) is 50.1 Å². The van der Waals surface area contributed by atoms with Crippen molar-refractivity contribution >= 4 is 29.2 Å². The minimum atomic E-state index is -0.960. The monoisotopic (exact) mass is 405 g/mol. The minimum absolute atomic E-state index is 0.141. The quantitative estimate of drug-likeness (QED) is 0.631.